The van der Waals surface area contributed by atoms with Crippen LogP contribution in [0.3, 0.4) is 0 Å². The predicted molar refractivity (Wildman–Crippen MR) is 91.2 cm³/mol. The van der Waals surface area contributed by atoms with Crippen molar-refractivity contribution in [3.8, 4) is 11.5 Å². The van der Waals surface area contributed by atoms with Crippen molar-refractivity contribution < 1.29 is 13.8 Å². The molecule has 8 heteroatoms. The van der Waals surface area contributed by atoms with E-state index in [0.29, 0.717) is 29.0 Å². The monoisotopic (exact) mass is 349 g/mol. The first kappa shape index (κ1) is 14.9. The van der Waals surface area contributed by atoms with Gasteiger partial charge in [-0.2, -0.15) is 4.98 Å². The molecule has 1 fully saturated rings. The number of nitrogens with zero attached hydrogens (tertiary/aromatic N) is 3. The van der Waals surface area contributed by atoms with Crippen LogP contribution >= 0.6 is 0 Å². The molecule has 0 unspecified atom stereocenters. The first-order chi connectivity index (χ1) is 12.8. The Morgan fingerprint density at radius 3 is 2.92 bits per heavy atom. The number of fused-ring (bicyclic) bond motifs is 1. The lowest BCUT2D eigenvalue weighted by molar-refractivity contribution is 0.0942. The summed E-state index contributed by atoms with van der Waals surface area (Å²) in [4.78, 5) is 19.6. The molecule has 1 aliphatic carbocycles. The number of amides is 1. The van der Waals surface area contributed by atoms with Crippen LogP contribution in [0.2, 0.25) is 0 Å². The zero-order chi connectivity index (χ0) is 17.5. The highest BCUT2D eigenvalue weighted by Crippen LogP contribution is 2.40. The van der Waals surface area contributed by atoms with Crippen LogP contribution < -0.4 is 5.32 Å². The number of benzene rings is 1. The normalized spacial score (nSPS) is 14.0. The highest BCUT2D eigenvalue weighted by Gasteiger charge is 2.28. The second kappa shape index (κ2) is 5.83. The lowest BCUT2D eigenvalue weighted by atomic mass is 10.2. The number of aromatic nitrogens is 4. The molecule has 2 N–H and O–H groups in total. The van der Waals surface area contributed by atoms with Crippen molar-refractivity contribution in [1.82, 2.24) is 25.6 Å². The number of carbonyl (C=O) groups excluding carboxylic acids is 1. The summed E-state index contributed by atoms with van der Waals surface area (Å²) in [5.41, 5.74) is 1.94. The molecule has 0 spiro atoms. The zero-order valence-electron chi connectivity index (χ0n) is 13.7. The molecule has 0 saturated heterocycles. The topological polar surface area (TPSA) is 110 Å². The number of carbonyl (C=O) groups is 1. The van der Waals surface area contributed by atoms with E-state index in [4.69, 9.17) is 9.05 Å². The molecule has 1 saturated carbocycles. The van der Waals surface area contributed by atoms with Gasteiger partial charge in [0.25, 0.3) is 5.91 Å². The first-order valence-electron chi connectivity index (χ1n) is 8.42. The van der Waals surface area contributed by atoms with E-state index in [1.807, 2.05) is 30.3 Å². The lowest BCUT2D eigenvalue weighted by Crippen LogP contribution is -2.23. The molecule has 5 rings (SSSR count). The molecule has 1 amide bonds. The van der Waals surface area contributed by atoms with E-state index >= 15 is 0 Å². The van der Waals surface area contributed by atoms with Gasteiger partial charge in [-0.1, -0.05) is 28.5 Å². The molecular formula is C18H15N5O3. The highest BCUT2D eigenvalue weighted by atomic mass is 16.5. The van der Waals surface area contributed by atoms with E-state index in [-0.39, 0.29) is 12.5 Å². The summed E-state index contributed by atoms with van der Waals surface area (Å²) >= 11 is 0. The molecule has 1 aliphatic rings. The Labute approximate surface area is 147 Å². The van der Waals surface area contributed by atoms with Crippen molar-refractivity contribution in [2.24, 2.45) is 0 Å². The Kier molecular flexibility index (Phi) is 3.34. The fraction of sp³-hybridized carbons (Fsp3) is 0.222. The van der Waals surface area contributed by atoms with Crippen LogP contribution in [-0.4, -0.2) is 26.2 Å². The number of H-pyrrole nitrogens is 1. The summed E-state index contributed by atoms with van der Waals surface area (Å²) in [7, 11) is 0. The number of hydrogen-bond acceptors (Lipinski definition) is 6. The quantitative estimate of drug-likeness (QED) is 0.573. The molecule has 0 aliphatic heterocycles. The van der Waals surface area contributed by atoms with E-state index in [9.17, 15) is 4.79 Å². The van der Waals surface area contributed by atoms with Crippen molar-refractivity contribution in [1.29, 1.82) is 0 Å². The minimum Gasteiger partial charge on any atom is -0.360 e. The third-order valence-electron chi connectivity index (χ3n) is 4.38. The van der Waals surface area contributed by atoms with Gasteiger partial charge in [-0.3, -0.25) is 4.79 Å². The third kappa shape index (κ3) is 2.75. The van der Waals surface area contributed by atoms with Crippen LogP contribution in [0, 0.1) is 0 Å². The van der Waals surface area contributed by atoms with Crippen LogP contribution in [0.4, 0.5) is 0 Å². The molecule has 8 nitrogen and oxygen atoms in total. The Bertz CT molecular complexity index is 1060. The smallest absolute Gasteiger partial charge is 0.268 e. The van der Waals surface area contributed by atoms with E-state index < -0.39 is 0 Å². The fourth-order valence-corrected chi connectivity index (χ4v) is 2.83. The summed E-state index contributed by atoms with van der Waals surface area (Å²) in [6, 6.07) is 11.4. The van der Waals surface area contributed by atoms with E-state index in [0.717, 1.165) is 29.5 Å². The lowest BCUT2D eigenvalue weighted by Gasteiger charge is -1.98. The maximum atomic E-state index is 12.3. The van der Waals surface area contributed by atoms with E-state index in [2.05, 4.69) is 25.6 Å². The van der Waals surface area contributed by atoms with Gasteiger partial charge in [0.15, 0.2) is 5.69 Å². The Morgan fingerprint density at radius 1 is 1.19 bits per heavy atom. The van der Waals surface area contributed by atoms with Gasteiger partial charge in [0.1, 0.15) is 11.5 Å². The molecule has 0 atom stereocenters. The van der Waals surface area contributed by atoms with Gasteiger partial charge in [0.2, 0.25) is 11.7 Å². The van der Waals surface area contributed by atoms with Gasteiger partial charge in [-0.15, -0.1) is 0 Å². The van der Waals surface area contributed by atoms with Crippen LogP contribution in [0.5, 0.6) is 0 Å². The molecular weight excluding hydrogens is 334 g/mol. The second-order valence-electron chi connectivity index (χ2n) is 6.35. The van der Waals surface area contributed by atoms with Gasteiger partial charge >= 0.3 is 0 Å². The molecule has 26 heavy (non-hydrogen) atoms. The van der Waals surface area contributed by atoms with Crippen LogP contribution in [0.1, 0.15) is 40.9 Å². The van der Waals surface area contributed by atoms with Crippen molar-refractivity contribution in [3.05, 3.63) is 53.7 Å². The molecule has 130 valence electrons. The molecule has 0 bridgehead atoms. The van der Waals surface area contributed by atoms with E-state index in [1.165, 1.54) is 0 Å². The zero-order valence-corrected chi connectivity index (χ0v) is 13.7. The Morgan fingerprint density at radius 2 is 2.08 bits per heavy atom. The maximum absolute atomic E-state index is 12.3. The van der Waals surface area contributed by atoms with Crippen LogP contribution in [0.25, 0.3) is 22.4 Å². The van der Waals surface area contributed by atoms with Crippen LogP contribution in [-0.2, 0) is 6.54 Å². The fourth-order valence-electron chi connectivity index (χ4n) is 2.83. The minimum atomic E-state index is -0.238. The standard InChI is InChI=1S/C18H15N5O3/c24-18(14-7-11-3-1-2-4-12(11)20-14)19-9-16-21-17(23-26-16)13-8-15(25-22-13)10-5-6-10/h1-4,7-8,10,20H,5-6,9H2,(H,19,24). The summed E-state index contributed by atoms with van der Waals surface area (Å²) in [6.45, 7) is 0.133. The predicted octanol–water partition coefficient (Wildman–Crippen LogP) is 3.01. The van der Waals surface area contributed by atoms with Crippen molar-refractivity contribution in [2.75, 3.05) is 0 Å². The summed E-state index contributed by atoms with van der Waals surface area (Å²) in [6.07, 6.45) is 2.26. The molecule has 1 aromatic carbocycles. The largest absolute Gasteiger partial charge is 0.360 e. The molecule has 3 heterocycles. The van der Waals surface area contributed by atoms with Gasteiger partial charge in [0.05, 0.1) is 6.54 Å². The SMILES string of the molecule is O=C(NCc1nc(-c2cc(C3CC3)on2)no1)c1cc2ccccc2[nH]1. The van der Waals surface area contributed by atoms with Crippen molar-refractivity contribution in [2.45, 2.75) is 25.3 Å². The van der Waals surface area contributed by atoms with Crippen molar-refractivity contribution >= 4 is 16.8 Å². The summed E-state index contributed by atoms with van der Waals surface area (Å²) in [5, 5.41) is 11.6. The Hall–Kier alpha value is -3.42. The summed E-state index contributed by atoms with van der Waals surface area (Å²) < 4.78 is 10.5. The average molecular weight is 349 g/mol. The van der Waals surface area contributed by atoms with Crippen molar-refractivity contribution in [3.63, 3.8) is 0 Å². The number of aromatic amines is 1. The van der Waals surface area contributed by atoms with E-state index in [1.54, 1.807) is 6.07 Å². The number of rotatable bonds is 5. The minimum absolute atomic E-state index is 0.133. The van der Waals surface area contributed by atoms with Gasteiger partial charge in [-0.25, -0.2) is 0 Å². The Balaban J connectivity index is 1.26. The second-order valence-corrected chi connectivity index (χ2v) is 6.35. The van der Waals surface area contributed by atoms with Gasteiger partial charge in [-0.05, 0) is 25.0 Å². The molecule has 0 radical (unpaired) electrons. The number of hydrogen-bond donors (Lipinski definition) is 2. The average Bonchev–Trinajstić information content (AvgIpc) is 3.09. The van der Waals surface area contributed by atoms with Gasteiger partial charge < -0.3 is 19.3 Å². The van der Waals surface area contributed by atoms with Crippen LogP contribution in [0.15, 0.2) is 45.4 Å². The maximum Gasteiger partial charge on any atom is 0.268 e. The first-order valence-corrected chi connectivity index (χ1v) is 8.42. The summed E-state index contributed by atoms with van der Waals surface area (Å²) in [5.74, 6) is 1.76. The highest BCUT2D eigenvalue weighted by molar-refractivity contribution is 5.97. The molecule has 3 aromatic heterocycles. The number of nitrogens with one attached hydrogen (secondary N) is 2. The molecule has 4 aromatic rings. The number of para-hydroxylation sites is 1. The van der Waals surface area contributed by atoms with Gasteiger partial charge in [0, 0.05) is 22.9 Å². The third-order valence-corrected chi connectivity index (χ3v) is 4.38.